The Hall–Kier alpha value is -2.11. The standard InChI is InChI=1S/C14H21N3O3/c1-9(14(19)20)4-3-5-10(2)17-12-8-11(13(15)18)6-7-16-12/h6-10H,3-5H2,1-2H3,(H2,15,18)(H,16,17)(H,19,20). The fraction of sp³-hybridized carbons (Fsp3) is 0.500. The number of carbonyl (C=O) groups is 2. The molecule has 2 unspecified atom stereocenters. The van der Waals surface area contributed by atoms with Crippen LogP contribution in [0.3, 0.4) is 0 Å². The second-order valence-electron chi connectivity index (χ2n) is 5.01. The highest BCUT2D eigenvalue weighted by Crippen LogP contribution is 2.13. The first-order valence-corrected chi connectivity index (χ1v) is 6.65. The van der Waals surface area contributed by atoms with Gasteiger partial charge in [-0.15, -0.1) is 0 Å². The molecule has 0 aromatic carbocycles. The molecule has 0 saturated carbocycles. The number of hydrogen-bond acceptors (Lipinski definition) is 4. The molecule has 0 radical (unpaired) electrons. The molecular formula is C14H21N3O3. The van der Waals surface area contributed by atoms with Crippen LogP contribution in [0.1, 0.15) is 43.5 Å². The van der Waals surface area contributed by atoms with Gasteiger partial charge in [-0.3, -0.25) is 9.59 Å². The third-order valence-electron chi connectivity index (χ3n) is 3.13. The summed E-state index contributed by atoms with van der Waals surface area (Å²) in [7, 11) is 0. The number of nitrogens with zero attached hydrogens (tertiary/aromatic N) is 1. The van der Waals surface area contributed by atoms with Gasteiger partial charge in [0.2, 0.25) is 5.91 Å². The third kappa shape index (κ3) is 5.26. The number of aromatic nitrogens is 1. The predicted octanol–water partition coefficient (Wildman–Crippen LogP) is 1.87. The molecule has 0 aliphatic rings. The Kier molecular flexibility index (Phi) is 5.96. The van der Waals surface area contributed by atoms with Gasteiger partial charge in [-0.1, -0.05) is 13.3 Å². The average Bonchev–Trinajstić information content (AvgIpc) is 2.38. The van der Waals surface area contributed by atoms with Gasteiger partial charge in [-0.05, 0) is 31.9 Å². The van der Waals surface area contributed by atoms with Crippen LogP contribution in [0.25, 0.3) is 0 Å². The molecule has 4 N–H and O–H groups in total. The number of amides is 1. The molecule has 1 rings (SSSR count). The maximum Gasteiger partial charge on any atom is 0.306 e. The van der Waals surface area contributed by atoms with Crippen LogP contribution in [0, 0.1) is 5.92 Å². The summed E-state index contributed by atoms with van der Waals surface area (Å²) in [6.45, 7) is 3.70. The molecule has 1 aromatic heterocycles. The molecule has 20 heavy (non-hydrogen) atoms. The number of carboxylic acid groups (broad SMARTS) is 1. The third-order valence-corrected chi connectivity index (χ3v) is 3.13. The van der Waals surface area contributed by atoms with Crippen LogP contribution < -0.4 is 11.1 Å². The number of nitrogens with two attached hydrogens (primary N) is 1. The van der Waals surface area contributed by atoms with E-state index in [2.05, 4.69) is 10.3 Å². The summed E-state index contributed by atoms with van der Waals surface area (Å²) in [4.78, 5) is 25.9. The van der Waals surface area contributed by atoms with E-state index in [-0.39, 0.29) is 12.0 Å². The van der Waals surface area contributed by atoms with Crippen LogP contribution in [0.4, 0.5) is 5.82 Å². The number of rotatable bonds is 8. The van der Waals surface area contributed by atoms with Crippen molar-refractivity contribution >= 4 is 17.7 Å². The number of carbonyl (C=O) groups excluding carboxylic acids is 1. The van der Waals surface area contributed by atoms with Crippen molar-refractivity contribution in [3.8, 4) is 0 Å². The van der Waals surface area contributed by atoms with E-state index < -0.39 is 11.9 Å². The zero-order valence-electron chi connectivity index (χ0n) is 11.8. The summed E-state index contributed by atoms with van der Waals surface area (Å²) in [5.74, 6) is -0.974. The number of aliphatic carboxylic acids is 1. The molecule has 6 nitrogen and oxygen atoms in total. The van der Waals surface area contributed by atoms with Gasteiger partial charge < -0.3 is 16.2 Å². The summed E-state index contributed by atoms with van der Waals surface area (Å²) in [5, 5.41) is 12.0. The van der Waals surface area contributed by atoms with Gasteiger partial charge >= 0.3 is 5.97 Å². The lowest BCUT2D eigenvalue weighted by atomic mass is 10.0. The lowest BCUT2D eigenvalue weighted by Gasteiger charge is -2.15. The van der Waals surface area contributed by atoms with Crippen molar-refractivity contribution in [3.05, 3.63) is 23.9 Å². The van der Waals surface area contributed by atoms with Crippen molar-refractivity contribution < 1.29 is 14.7 Å². The number of primary amides is 1. The minimum Gasteiger partial charge on any atom is -0.481 e. The molecule has 0 bridgehead atoms. The zero-order chi connectivity index (χ0) is 15.1. The normalized spacial score (nSPS) is 13.5. The number of anilines is 1. The highest BCUT2D eigenvalue weighted by molar-refractivity contribution is 5.93. The van der Waals surface area contributed by atoms with E-state index in [1.165, 1.54) is 6.20 Å². The lowest BCUT2D eigenvalue weighted by molar-refractivity contribution is -0.141. The van der Waals surface area contributed by atoms with Gasteiger partial charge in [-0.25, -0.2) is 4.98 Å². The molecule has 1 aromatic rings. The fourth-order valence-electron chi connectivity index (χ4n) is 1.84. The van der Waals surface area contributed by atoms with E-state index in [0.717, 1.165) is 12.8 Å². The summed E-state index contributed by atoms with van der Waals surface area (Å²) in [6, 6.07) is 3.32. The van der Waals surface area contributed by atoms with E-state index in [4.69, 9.17) is 10.8 Å². The molecule has 0 fully saturated rings. The number of nitrogens with one attached hydrogen (secondary N) is 1. The number of hydrogen-bond donors (Lipinski definition) is 3. The van der Waals surface area contributed by atoms with Gasteiger partial charge in [0.15, 0.2) is 0 Å². The fourth-order valence-corrected chi connectivity index (χ4v) is 1.84. The van der Waals surface area contributed by atoms with Crippen LogP contribution in [-0.4, -0.2) is 28.0 Å². The van der Waals surface area contributed by atoms with E-state index in [1.807, 2.05) is 6.92 Å². The molecular weight excluding hydrogens is 258 g/mol. The second kappa shape index (κ2) is 7.47. The molecule has 0 spiro atoms. The van der Waals surface area contributed by atoms with Crippen molar-refractivity contribution in [1.29, 1.82) is 0 Å². The topological polar surface area (TPSA) is 105 Å². The SMILES string of the molecule is CC(CCCC(C)C(=O)O)Nc1cc(C(N)=O)ccn1. The Morgan fingerprint density at radius 2 is 2.10 bits per heavy atom. The monoisotopic (exact) mass is 279 g/mol. The minimum atomic E-state index is -0.763. The Balaban J connectivity index is 2.42. The molecule has 0 aliphatic carbocycles. The summed E-state index contributed by atoms with van der Waals surface area (Å²) < 4.78 is 0. The summed E-state index contributed by atoms with van der Waals surface area (Å²) in [5.41, 5.74) is 5.62. The first kappa shape index (κ1) is 15.9. The lowest BCUT2D eigenvalue weighted by Crippen LogP contribution is -2.18. The van der Waals surface area contributed by atoms with E-state index >= 15 is 0 Å². The van der Waals surface area contributed by atoms with Crippen molar-refractivity contribution in [2.75, 3.05) is 5.32 Å². The molecule has 110 valence electrons. The second-order valence-corrected chi connectivity index (χ2v) is 5.01. The maximum atomic E-state index is 11.1. The Bertz CT molecular complexity index is 476. The number of carboxylic acids is 1. The van der Waals surface area contributed by atoms with Crippen LogP contribution in [0.15, 0.2) is 18.3 Å². The van der Waals surface area contributed by atoms with Gasteiger partial charge in [-0.2, -0.15) is 0 Å². The van der Waals surface area contributed by atoms with E-state index in [9.17, 15) is 9.59 Å². The van der Waals surface area contributed by atoms with Crippen molar-refractivity contribution in [2.45, 2.75) is 39.2 Å². The summed E-state index contributed by atoms with van der Waals surface area (Å²) in [6.07, 6.45) is 3.83. The van der Waals surface area contributed by atoms with E-state index in [1.54, 1.807) is 19.1 Å². The molecule has 2 atom stereocenters. The molecule has 6 heteroatoms. The van der Waals surface area contributed by atoms with Crippen molar-refractivity contribution in [1.82, 2.24) is 4.98 Å². The van der Waals surface area contributed by atoms with Crippen molar-refractivity contribution in [2.24, 2.45) is 11.7 Å². The molecule has 1 amide bonds. The van der Waals surface area contributed by atoms with E-state index in [0.29, 0.717) is 17.8 Å². The van der Waals surface area contributed by atoms with Gasteiger partial charge in [0.25, 0.3) is 0 Å². The molecule has 0 saturated heterocycles. The van der Waals surface area contributed by atoms with Crippen LogP contribution >= 0.6 is 0 Å². The van der Waals surface area contributed by atoms with Gasteiger partial charge in [0.1, 0.15) is 5.82 Å². The maximum absolute atomic E-state index is 11.1. The van der Waals surface area contributed by atoms with Crippen molar-refractivity contribution in [3.63, 3.8) is 0 Å². The Morgan fingerprint density at radius 3 is 2.70 bits per heavy atom. The smallest absolute Gasteiger partial charge is 0.306 e. The quantitative estimate of drug-likeness (QED) is 0.673. The van der Waals surface area contributed by atoms with Gasteiger partial charge in [0, 0.05) is 17.8 Å². The van der Waals surface area contributed by atoms with Crippen LogP contribution in [-0.2, 0) is 4.79 Å². The zero-order valence-corrected chi connectivity index (χ0v) is 11.8. The number of pyridine rings is 1. The predicted molar refractivity (Wildman–Crippen MR) is 76.5 cm³/mol. The first-order valence-electron chi connectivity index (χ1n) is 6.65. The average molecular weight is 279 g/mol. The van der Waals surface area contributed by atoms with Crippen LogP contribution in [0.5, 0.6) is 0 Å². The van der Waals surface area contributed by atoms with Gasteiger partial charge in [0.05, 0.1) is 5.92 Å². The first-order chi connectivity index (χ1) is 9.40. The molecule has 1 heterocycles. The summed E-state index contributed by atoms with van der Waals surface area (Å²) >= 11 is 0. The Morgan fingerprint density at radius 1 is 1.40 bits per heavy atom. The highest BCUT2D eigenvalue weighted by atomic mass is 16.4. The molecule has 0 aliphatic heterocycles. The minimum absolute atomic E-state index is 0.145. The highest BCUT2D eigenvalue weighted by Gasteiger charge is 2.11. The largest absolute Gasteiger partial charge is 0.481 e. The van der Waals surface area contributed by atoms with Crippen LogP contribution in [0.2, 0.25) is 0 Å². The Labute approximate surface area is 118 Å².